The molecule has 1 aliphatic heterocycles. The predicted octanol–water partition coefficient (Wildman–Crippen LogP) is 1.24. The lowest BCUT2D eigenvalue weighted by Crippen LogP contribution is -2.57. The molecule has 0 bridgehead atoms. The smallest absolute Gasteiger partial charge is 0.236 e. The highest BCUT2D eigenvalue weighted by atomic mass is 79.9. The minimum atomic E-state index is -0.301. The van der Waals surface area contributed by atoms with E-state index in [4.69, 9.17) is 22.1 Å². The molecule has 1 heterocycles. The van der Waals surface area contributed by atoms with E-state index in [0.29, 0.717) is 24.7 Å². The number of halogens is 2. The fourth-order valence-corrected chi connectivity index (χ4v) is 2.96. The van der Waals surface area contributed by atoms with Crippen LogP contribution in [0.2, 0.25) is 5.02 Å². The summed E-state index contributed by atoms with van der Waals surface area (Å²) in [5.74, 6) is 0.435. The molecule has 20 heavy (non-hydrogen) atoms. The van der Waals surface area contributed by atoms with Crippen molar-refractivity contribution < 1.29 is 9.53 Å². The van der Waals surface area contributed by atoms with Crippen LogP contribution in [0.25, 0.3) is 0 Å². The Kier molecular flexibility index (Phi) is 5.65. The number of nitrogens with two attached hydrogens (primary N) is 1. The van der Waals surface area contributed by atoms with Crippen LogP contribution in [-0.4, -0.2) is 49.6 Å². The number of rotatable bonds is 5. The standard InChI is InChI=1S/C13H17BrClN3O2/c14-10-7-9(15)1-2-12(10)20-6-5-18-4-3-17-8-11(18)13(16)19/h1-2,7,11,17H,3-6,8H2,(H2,16,19). The maximum Gasteiger partial charge on any atom is 0.236 e. The molecular weight excluding hydrogens is 346 g/mol. The topological polar surface area (TPSA) is 67.6 Å². The molecule has 1 aromatic rings. The molecule has 0 saturated carbocycles. The molecule has 1 unspecified atom stereocenters. The quantitative estimate of drug-likeness (QED) is 0.827. The number of hydrogen-bond acceptors (Lipinski definition) is 4. The molecule has 7 heteroatoms. The molecule has 0 aromatic heterocycles. The van der Waals surface area contributed by atoms with Gasteiger partial charge >= 0.3 is 0 Å². The number of nitrogens with zero attached hydrogens (tertiary/aromatic N) is 1. The van der Waals surface area contributed by atoms with Crippen LogP contribution in [0, 0.1) is 0 Å². The van der Waals surface area contributed by atoms with Crippen LogP contribution in [0.1, 0.15) is 0 Å². The zero-order valence-corrected chi connectivity index (χ0v) is 13.3. The number of benzene rings is 1. The highest BCUT2D eigenvalue weighted by Crippen LogP contribution is 2.27. The first-order valence-corrected chi connectivity index (χ1v) is 7.57. The first kappa shape index (κ1) is 15.6. The number of ether oxygens (including phenoxy) is 1. The van der Waals surface area contributed by atoms with Crippen molar-refractivity contribution in [2.75, 3.05) is 32.8 Å². The van der Waals surface area contributed by atoms with Gasteiger partial charge in [0.25, 0.3) is 0 Å². The van der Waals surface area contributed by atoms with Crippen molar-refractivity contribution in [3.8, 4) is 5.75 Å². The van der Waals surface area contributed by atoms with Crippen molar-refractivity contribution in [2.24, 2.45) is 5.73 Å². The third-order valence-electron chi connectivity index (χ3n) is 3.21. The van der Waals surface area contributed by atoms with Crippen LogP contribution in [0.15, 0.2) is 22.7 Å². The Balaban J connectivity index is 1.86. The summed E-state index contributed by atoms with van der Waals surface area (Å²) in [5.41, 5.74) is 5.40. The lowest BCUT2D eigenvalue weighted by Gasteiger charge is -2.33. The maximum atomic E-state index is 11.4. The van der Waals surface area contributed by atoms with Crippen molar-refractivity contribution in [3.63, 3.8) is 0 Å². The highest BCUT2D eigenvalue weighted by molar-refractivity contribution is 9.10. The molecule has 1 atom stereocenters. The van der Waals surface area contributed by atoms with Gasteiger partial charge in [-0.2, -0.15) is 0 Å². The maximum absolute atomic E-state index is 11.4. The van der Waals surface area contributed by atoms with E-state index in [1.807, 2.05) is 11.0 Å². The molecule has 1 saturated heterocycles. The Morgan fingerprint density at radius 1 is 1.60 bits per heavy atom. The van der Waals surface area contributed by atoms with E-state index in [0.717, 1.165) is 23.3 Å². The summed E-state index contributed by atoms with van der Waals surface area (Å²) in [4.78, 5) is 13.4. The van der Waals surface area contributed by atoms with E-state index < -0.39 is 0 Å². The Bertz CT molecular complexity index is 487. The second-order valence-electron chi connectivity index (χ2n) is 4.58. The average Bonchev–Trinajstić information content (AvgIpc) is 2.41. The van der Waals surface area contributed by atoms with Gasteiger partial charge in [0.2, 0.25) is 5.91 Å². The fraction of sp³-hybridized carbons (Fsp3) is 0.462. The Hall–Kier alpha value is -0.820. The zero-order valence-electron chi connectivity index (χ0n) is 10.9. The lowest BCUT2D eigenvalue weighted by molar-refractivity contribution is -0.123. The third-order valence-corrected chi connectivity index (χ3v) is 4.07. The van der Waals surface area contributed by atoms with Gasteiger partial charge in [-0.15, -0.1) is 0 Å². The van der Waals surface area contributed by atoms with Crippen molar-refractivity contribution in [1.29, 1.82) is 0 Å². The monoisotopic (exact) mass is 361 g/mol. The fourth-order valence-electron chi connectivity index (χ4n) is 2.16. The Morgan fingerprint density at radius 3 is 3.10 bits per heavy atom. The average molecular weight is 363 g/mol. The molecule has 1 aromatic carbocycles. The number of piperazine rings is 1. The molecule has 110 valence electrons. The highest BCUT2D eigenvalue weighted by Gasteiger charge is 2.26. The van der Waals surface area contributed by atoms with Gasteiger partial charge in [0.1, 0.15) is 18.4 Å². The summed E-state index contributed by atoms with van der Waals surface area (Å²) >= 11 is 9.28. The van der Waals surface area contributed by atoms with E-state index in [9.17, 15) is 4.79 Å². The summed E-state index contributed by atoms with van der Waals surface area (Å²) in [6, 6.07) is 5.11. The number of nitrogens with one attached hydrogen (secondary N) is 1. The first-order chi connectivity index (χ1) is 9.58. The number of amides is 1. The largest absolute Gasteiger partial charge is 0.491 e. The summed E-state index contributed by atoms with van der Waals surface area (Å²) in [6.07, 6.45) is 0. The molecule has 3 N–H and O–H groups in total. The molecular formula is C13H17BrClN3O2. The molecule has 0 radical (unpaired) electrons. The summed E-state index contributed by atoms with van der Waals surface area (Å²) in [5, 5.41) is 3.82. The summed E-state index contributed by atoms with van der Waals surface area (Å²) in [7, 11) is 0. The normalized spacial score (nSPS) is 19.8. The minimum Gasteiger partial charge on any atom is -0.491 e. The molecule has 1 aliphatic rings. The number of carbonyl (C=O) groups excluding carboxylic acids is 1. The van der Waals surface area contributed by atoms with Gasteiger partial charge in [0.05, 0.1) is 4.47 Å². The molecule has 5 nitrogen and oxygen atoms in total. The van der Waals surface area contributed by atoms with Crippen LogP contribution < -0.4 is 15.8 Å². The Labute approximate surface area is 131 Å². The molecule has 2 rings (SSSR count). The van der Waals surface area contributed by atoms with Gasteiger partial charge < -0.3 is 15.8 Å². The molecule has 1 amide bonds. The number of carbonyl (C=O) groups is 1. The first-order valence-electron chi connectivity index (χ1n) is 6.40. The third kappa shape index (κ3) is 4.09. The van der Waals surface area contributed by atoms with Crippen molar-refractivity contribution >= 4 is 33.4 Å². The van der Waals surface area contributed by atoms with Gasteiger partial charge in [0.15, 0.2) is 0 Å². The van der Waals surface area contributed by atoms with Gasteiger partial charge in [-0.25, -0.2) is 0 Å². The van der Waals surface area contributed by atoms with E-state index in [1.54, 1.807) is 12.1 Å². The van der Waals surface area contributed by atoms with Crippen LogP contribution in [0.4, 0.5) is 0 Å². The SMILES string of the molecule is NC(=O)C1CNCCN1CCOc1ccc(Cl)cc1Br. The van der Waals surface area contributed by atoms with Gasteiger partial charge in [-0.3, -0.25) is 9.69 Å². The van der Waals surface area contributed by atoms with Crippen molar-refractivity contribution in [1.82, 2.24) is 10.2 Å². The molecule has 1 fully saturated rings. The van der Waals surface area contributed by atoms with Crippen LogP contribution >= 0.6 is 27.5 Å². The minimum absolute atomic E-state index is 0.263. The van der Waals surface area contributed by atoms with E-state index in [2.05, 4.69) is 21.2 Å². The van der Waals surface area contributed by atoms with E-state index in [-0.39, 0.29) is 11.9 Å². The molecule has 0 aliphatic carbocycles. The van der Waals surface area contributed by atoms with Crippen LogP contribution in [0.3, 0.4) is 0 Å². The van der Waals surface area contributed by atoms with E-state index in [1.165, 1.54) is 0 Å². The number of primary amides is 1. The zero-order chi connectivity index (χ0) is 14.5. The van der Waals surface area contributed by atoms with Gasteiger partial charge in [-0.1, -0.05) is 11.6 Å². The Morgan fingerprint density at radius 2 is 2.40 bits per heavy atom. The summed E-state index contributed by atoms with van der Waals surface area (Å²) < 4.78 is 6.52. The second-order valence-corrected chi connectivity index (χ2v) is 5.87. The second kappa shape index (κ2) is 7.26. The van der Waals surface area contributed by atoms with Crippen LogP contribution in [-0.2, 0) is 4.79 Å². The van der Waals surface area contributed by atoms with Crippen molar-refractivity contribution in [3.05, 3.63) is 27.7 Å². The van der Waals surface area contributed by atoms with Gasteiger partial charge in [-0.05, 0) is 34.1 Å². The predicted molar refractivity (Wildman–Crippen MR) is 82.1 cm³/mol. The van der Waals surface area contributed by atoms with Gasteiger partial charge in [0, 0.05) is 31.2 Å². The number of hydrogen-bond donors (Lipinski definition) is 2. The lowest BCUT2D eigenvalue weighted by atomic mass is 10.2. The summed E-state index contributed by atoms with van der Waals surface area (Å²) in [6.45, 7) is 3.39. The van der Waals surface area contributed by atoms with E-state index >= 15 is 0 Å². The molecule has 0 spiro atoms. The van der Waals surface area contributed by atoms with Crippen molar-refractivity contribution in [2.45, 2.75) is 6.04 Å². The van der Waals surface area contributed by atoms with Crippen LogP contribution in [0.5, 0.6) is 5.75 Å².